The SMILES string of the molecule is Nc1c(C(=O)OC2CCCCC2)c2nc3ccccc3nc2n1-c1ccc(Br)cc1. The minimum absolute atomic E-state index is 0.0647. The van der Waals surface area contributed by atoms with Crippen LogP contribution in [0.2, 0.25) is 0 Å². The average Bonchev–Trinajstić information content (AvgIpc) is 3.04. The largest absolute Gasteiger partial charge is 0.459 e. The number of benzene rings is 2. The van der Waals surface area contributed by atoms with Crippen LogP contribution in [0, 0.1) is 0 Å². The summed E-state index contributed by atoms with van der Waals surface area (Å²) in [6.45, 7) is 0. The second-order valence-corrected chi connectivity index (χ2v) is 8.54. The van der Waals surface area contributed by atoms with E-state index in [9.17, 15) is 4.79 Å². The van der Waals surface area contributed by atoms with Crippen molar-refractivity contribution in [2.75, 3.05) is 5.73 Å². The number of ether oxygens (including phenoxy) is 1. The molecule has 1 aliphatic rings. The first-order chi connectivity index (χ1) is 14.6. The minimum atomic E-state index is -0.426. The van der Waals surface area contributed by atoms with Crippen LogP contribution in [0.3, 0.4) is 0 Å². The molecule has 1 aliphatic carbocycles. The third kappa shape index (κ3) is 3.33. The zero-order valence-electron chi connectivity index (χ0n) is 16.3. The van der Waals surface area contributed by atoms with E-state index in [2.05, 4.69) is 15.9 Å². The molecule has 2 heterocycles. The number of nitrogen functional groups attached to an aromatic ring is 1. The molecule has 2 N–H and O–H groups in total. The maximum absolute atomic E-state index is 13.2. The van der Waals surface area contributed by atoms with Crippen molar-refractivity contribution in [2.45, 2.75) is 38.2 Å². The first-order valence-electron chi connectivity index (χ1n) is 10.2. The molecule has 0 amide bonds. The number of hydrogen-bond acceptors (Lipinski definition) is 5. The highest BCUT2D eigenvalue weighted by Crippen LogP contribution is 2.33. The topological polar surface area (TPSA) is 83.0 Å². The summed E-state index contributed by atoms with van der Waals surface area (Å²) in [6.07, 6.45) is 5.08. The number of aromatic nitrogens is 3. The molecule has 0 unspecified atom stereocenters. The Morgan fingerprint density at radius 1 is 1.00 bits per heavy atom. The summed E-state index contributed by atoms with van der Waals surface area (Å²) in [7, 11) is 0. The number of fused-ring (bicyclic) bond motifs is 2. The molecule has 7 heteroatoms. The number of hydrogen-bond donors (Lipinski definition) is 1. The van der Waals surface area contributed by atoms with E-state index in [1.54, 1.807) is 4.57 Å². The Morgan fingerprint density at radius 3 is 2.37 bits per heavy atom. The lowest BCUT2D eigenvalue weighted by Crippen LogP contribution is -2.21. The van der Waals surface area contributed by atoms with Crippen LogP contribution in [-0.4, -0.2) is 26.6 Å². The first-order valence-corrected chi connectivity index (χ1v) is 10.9. The number of para-hydroxylation sites is 2. The van der Waals surface area contributed by atoms with Crippen LogP contribution in [0.15, 0.2) is 53.0 Å². The van der Waals surface area contributed by atoms with Gasteiger partial charge in [0, 0.05) is 10.2 Å². The van der Waals surface area contributed by atoms with Crippen molar-refractivity contribution in [2.24, 2.45) is 0 Å². The predicted octanol–water partition coefficient (Wildman–Crippen LogP) is 5.41. The van der Waals surface area contributed by atoms with Gasteiger partial charge in [0.05, 0.1) is 11.0 Å². The fraction of sp³-hybridized carbons (Fsp3) is 0.261. The Morgan fingerprint density at radius 2 is 1.67 bits per heavy atom. The molecule has 0 bridgehead atoms. The Labute approximate surface area is 182 Å². The van der Waals surface area contributed by atoms with Gasteiger partial charge < -0.3 is 10.5 Å². The van der Waals surface area contributed by atoms with Crippen LogP contribution in [-0.2, 0) is 4.74 Å². The number of nitrogens with two attached hydrogens (primary N) is 1. The van der Waals surface area contributed by atoms with E-state index in [-0.39, 0.29) is 11.7 Å². The summed E-state index contributed by atoms with van der Waals surface area (Å²) in [5.41, 5.74) is 10.1. The molecular formula is C23H21BrN4O2. The van der Waals surface area contributed by atoms with E-state index >= 15 is 0 Å². The highest BCUT2D eigenvalue weighted by molar-refractivity contribution is 9.10. The summed E-state index contributed by atoms with van der Waals surface area (Å²) in [5, 5.41) is 0. The summed E-state index contributed by atoms with van der Waals surface area (Å²) in [6, 6.07) is 15.3. The Hall–Kier alpha value is -2.93. The van der Waals surface area contributed by atoms with Gasteiger partial charge in [-0.3, -0.25) is 4.57 Å². The van der Waals surface area contributed by atoms with Gasteiger partial charge in [0.15, 0.2) is 5.65 Å². The number of anilines is 1. The lowest BCUT2D eigenvalue weighted by molar-refractivity contribution is 0.0214. The standard InChI is InChI=1S/C23H21BrN4O2/c24-14-10-12-15(13-11-14)28-21(25)19(23(29)30-16-6-2-1-3-7-16)20-22(28)27-18-9-5-4-8-17(18)26-20/h4-5,8-13,16H,1-3,6-7,25H2. The molecule has 5 rings (SSSR count). The summed E-state index contributed by atoms with van der Waals surface area (Å²) < 4.78 is 8.57. The van der Waals surface area contributed by atoms with E-state index in [0.29, 0.717) is 22.5 Å². The van der Waals surface area contributed by atoms with Gasteiger partial charge >= 0.3 is 5.97 Å². The molecule has 4 aromatic rings. The van der Waals surface area contributed by atoms with E-state index in [0.717, 1.165) is 41.4 Å². The molecule has 152 valence electrons. The smallest absolute Gasteiger partial charge is 0.344 e. The monoisotopic (exact) mass is 464 g/mol. The number of nitrogens with zero attached hydrogens (tertiary/aromatic N) is 3. The normalized spacial score (nSPS) is 15.0. The van der Waals surface area contributed by atoms with E-state index in [1.807, 2.05) is 48.5 Å². The van der Waals surface area contributed by atoms with Crippen LogP contribution in [0.25, 0.3) is 27.9 Å². The number of esters is 1. The van der Waals surface area contributed by atoms with Gasteiger partial charge in [-0.15, -0.1) is 0 Å². The summed E-state index contributed by atoms with van der Waals surface area (Å²) in [5.74, 6) is -0.131. The minimum Gasteiger partial charge on any atom is -0.459 e. The molecule has 1 fully saturated rings. The van der Waals surface area contributed by atoms with Crippen molar-refractivity contribution in [3.8, 4) is 5.69 Å². The Bertz CT molecular complexity index is 1240. The van der Waals surface area contributed by atoms with Gasteiger partial charge in [0.2, 0.25) is 0 Å². The van der Waals surface area contributed by atoms with Gasteiger partial charge in [-0.05, 0) is 62.1 Å². The summed E-state index contributed by atoms with van der Waals surface area (Å²) in [4.78, 5) is 22.7. The second-order valence-electron chi connectivity index (χ2n) is 7.62. The number of carbonyl (C=O) groups excluding carboxylic acids is 1. The van der Waals surface area contributed by atoms with Crippen molar-refractivity contribution in [1.29, 1.82) is 0 Å². The lowest BCUT2D eigenvalue weighted by Gasteiger charge is -2.21. The Balaban J connectivity index is 1.70. The molecule has 0 atom stereocenters. The van der Waals surface area contributed by atoms with Gasteiger partial charge in [-0.1, -0.05) is 34.5 Å². The van der Waals surface area contributed by atoms with Crippen molar-refractivity contribution in [1.82, 2.24) is 14.5 Å². The quantitative estimate of drug-likeness (QED) is 0.409. The highest BCUT2D eigenvalue weighted by Gasteiger charge is 2.28. The molecule has 0 radical (unpaired) electrons. The first kappa shape index (κ1) is 19.1. The average molecular weight is 465 g/mol. The molecular weight excluding hydrogens is 444 g/mol. The number of rotatable bonds is 3. The van der Waals surface area contributed by atoms with Crippen LogP contribution in [0.5, 0.6) is 0 Å². The van der Waals surface area contributed by atoms with Crippen molar-refractivity contribution >= 4 is 49.9 Å². The number of halogens is 1. The third-order valence-electron chi connectivity index (χ3n) is 5.61. The molecule has 30 heavy (non-hydrogen) atoms. The van der Waals surface area contributed by atoms with Crippen LogP contribution < -0.4 is 5.73 Å². The molecule has 2 aromatic carbocycles. The zero-order chi connectivity index (χ0) is 20.7. The highest BCUT2D eigenvalue weighted by atomic mass is 79.9. The van der Waals surface area contributed by atoms with Gasteiger partial charge in [-0.2, -0.15) is 0 Å². The fourth-order valence-electron chi connectivity index (χ4n) is 4.11. The molecule has 0 saturated heterocycles. The maximum Gasteiger partial charge on any atom is 0.344 e. The van der Waals surface area contributed by atoms with Crippen LogP contribution >= 0.6 is 15.9 Å². The fourth-order valence-corrected chi connectivity index (χ4v) is 4.37. The second kappa shape index (κ2) is 7.72. The molecule has 0 aliphatic heterocycles. The van der Waals surface area contributed by atoms with Gasteiger partial charge in [0.1, 0.15) is 23.0 Å². The van der Waals surface area contributed by atoms with Crippen molar-refractivity contribution in [3.63, 3.8) is 0 Å². The molecule has 6 nitrogen and oxygen atoms in total. The van der Waals surface area contributed by atoms with E-state index in [1.165, 1.54) is 6.42 Å². The number of carbonyl (C=O) groups is 1. The third-order valence-corrected chi connectivity index (χ3v) is 6.14. The van der Waals surface area contributed by atoms with Gasteiger partial charge in [0.25, 0.3) is 0 Å². The van der Waals surface area contributed by atoms with Crippen LogP contribution in [0.4, 0.5) is 5.82 Å². The predicted molar refractivity (Wildman–Crippen MR) is 121 cm³/mol. The summed E-state index contributed by atoms with van der Waals surface area (Å²) >= 11 is 3.46. The van der Waals surface area contributed by atoms with E-state index in [4.69, 9.17) is 20.4 Å². The Kier molecular flexibility index (Phi) is 4.90. The van der Waals surface area contributed by atoms with Gasteiger partial charge in [-0.25, -0.2) is 14.8 Å². The van der Waals surface area contributed by atoms with Crippen LogP contribution in [0.1, 0.15) is 42.5 Å². The lowest BCUT2D eigenvalue weighted by atomic mass is 9.98. The zero-order valence-corrected chi connectivity index (χ0v) is 17.9. The van der Waals surface area contributed by atoms with Crippen molar-refractivity contribution < 1.29 is 9.53 Å². The molecule has 0 spiro atoms. The maximum atomic E-state index is 13.2. The van der Waals surface area contributed by atoms with Crippen molar-refractivity contribution in [3.05, 3.63) is 58.6 Å². The van der Waals surface area contributed by atoms with E-state index < -0.39 is 5.97 Å². The molecule has 1 saturated carbocycles. The molecule has 2 aromatic heterocycles.